The number of nitrogens with zero attached hydrogens (tertiary/aromatic N) is 1. The van der Waals surface area contributed by atoms with Gasteiger partial charge in [-0.3, -0.25) is 4.79 Å². The van der Waals surface area contributed by atoms with E-state index in [2.05, 4.69) is 26.1 Å². The summed E-state index contributed by atoms with van der Waals surface area (Å²) in [5, 5.41) is 2.89. The number of nitrogens with one attached hydrogen (secondary N) is 1. The van der Waals surface area contributed by atoms with E-state index in [0.29, 0.717) is 44.1 Å². The molecule has 1 aliphatic heterocycles. The van der Waals surface area contributed by atoms with Crippen LogP contribution < -0.4 is 5.32 Å². The summed E-state index contributed by atoms with van der Waals surface area (Å²) in [6.07, 6.45) is 3.49. The molecule has 1 saturated heterocycles. The van der Waals surface area contributed by atoms with E-state index in [0.717, 1.165) is 19.3 Å². The first-order chi connectivity index (χ1) is 12.8. The fraction of sp³-hybridized carbons (Fsp3) is 0.905. The van der Waals surface area contributed by atoms with E-state index in [9.17, 15) is 9.59 Å². The highest BCUT2D eigenvalue weighted by Crippen LogP contribution is 2.35. The molecule has 0 bridgehead atoms. The summed E-state index contributed by atoms with van der Waals surface area (Å²) in [4.78, 5) is 27.4. The molecule has 0 aromatic carbocycles. The minimum atomic E-state index is -0.542. The lowest BCUT2D eigenvalue weighted by Crippen LogP contribution is -2.54. The van der Waals surface area contributed by atoms with Crippen LogP contribution in [0.15, 0.2) is 0 Å². The first-order valence-electron chi connectivity index (χ1n) is 10.7. The Morgan fingerprint density at radius 3 is 2.44 bits per heavy atom. The van der Waals surface area contributed by atoms with Gasteiger partial charge in [0.2, 0.25) is 5.91 Å². The third-order valence-corrected chi connectivity index (χ3v) is 6.29. The number of rotatable bonds is 6. The molecule has 2 rings (SSSR count). The van der Waals surface area contributed by atoms with E-state index < -0.39 is 12.1 Å². The van der Waals surface area contributed by atoms with Crippen molar-refractivity contribution in [2.45, 2.75) is 72.4 Å². The Hall–Kier alpha value is -1.30. The molecule has 1 aliphatic carbocycles. The lowest BCUT2D eigenvalue weighted by Gasteiger charge is -2.37. The molecule has 2 fully saturated rings. The number of carbonyl (C=O) groups excluding carboxylic acids is 2. The first kappa shape index (κ1) is 22.0. The Labute approximate surface area is 164 Å². The van der Waals surface area contributed by atoms with Crippen molar-refractivity contribution in [1.29, 1.82) is 0 Å². The number of hydrogen-bond donors (Lipinski definition) is 1. The minimum absolute atomic E-state index is 0.0259. The largest absolute Gasteiger partial charge is 0.446 e. The van der Waals surface area contributed by atoms with Crippen LogP contribution in [0.3, 0.4) is 0 Å². The molecule has 2 aliphatic rings. The molecule has 0 unspecified atom stereocenters. The maximum atomic E-state index is 13.0. The van der Waals surface area contributed by atoms with Crippen LogP contribution >= 0.6 is 0 Å². The quantitative estimate of drug-likeness (QED) is 0.764. The average molecular weight is 383 g/mol. The Morgan fingerprint density at radius 2 is 1.85 bits per heavy atom. The molecule has 1 heterocycles. The highest BCUT2D eigenvalue weighted by molar-refractivity contribution is 5.86. The molecule has 2 amide bonds. The van der Waals surface area contributed by atoms with Gasteiger partial charge in [0, 0.05) is 13.1 Å². The van der Waals surface area contributed by atoms with Gasteiger partial charge in [0.15, 0.2) is 0 Å². The number of morpholine rings is 1. The zero-order valence-electron chi connectivity index (χ0n) is 17.7. The van der Waals surface area contributed by atoms with Crippen molar-refractivity contribution in [3.8, 4) is 0 Å². The van der Waals surface area contributed by atoms with Gasteiger partial charge < -0.3 is 19.7 Å². The molecular weight excluding hydrogens is 344 g/mol. The molecule has 156 valence electrons. The van der Waals surface area contributed by atoms with Gasteiger partial charge in [0.05, 0.1) is 13.2 Å². The van der Waals surface area contributed by atoms with Crippen LogP contribution in [0, 0.1) is 23.7 Å². The van der Waals surface area contributed by atoms with Crippen LogP contribution in [0.1, 0.15) is 60.3 Å². The van der Waals surface area contributed by atoms with Crippen LogP contribution in [-0.4, -0.2) is 55.3 Å². The van der Waals surface area contributed by atoms with Gasteiger partial charge in [-0.05, 0) is 36.5 Å². The van der Waals surface area contributed by atoms with Crippen LogP contribution in [0.4, 0.5) is 4.79 Å². The van der Waals surface area contributed by atoms with E-state index in [1.54, 1.807) is 4.90 Å². The maximum Gasteiger partial charge on any atom is 0.408 e. The molecule has 27 heavy (non-hydrogen) atoms. The maximum absolute atomic E-state index is 13.0. The summed E-state index contributed by atoms with van der Waals surface area (Å²) in [6, 6.07) is -0.542. The van der Waals surface area contributed by atoms with Crippen molar-refractivity contribution >= 4 is 12.0 Å². The van der Waals surface area contributed by atoms with Gasteiger partial charge in [0.25, 0.3) is 0 Å². The lowest BCUT2D eigenvalue weighted by atomic mass is 9.75. The second-order valence-electron chi connectivity index (χ2n) is 8.72. The van der Waals surface area contributed by atoms with E-state index in [-0.39, 0.29) is 17.9 Å². The smallest absolute Gasteiger partial charge is 0.408 e. The number of ether oxygens (including phenoxy) is 2. The molecule has 5 atom stereocenters. The summed E-state index contributed by atoms with van der Waals surface area (Å²) in [7, 11) is 0. The van der Waals surface area contributed by atoms with Crippen LogP contribution in [0.25, 0.3) is 0 Å². The molecule has 0 aromatic heterocycles. The first-order valence-corrected chi connectivity index (χ1v) is 10.7. The van der Waals surface area contributed by atoms with E-state index >= 15 is 0 Å². The van der Waals surface area contributed by atoms with Crippen molar-refractivity contribution in [1.82, 2.24) is 10.2 Å². The minimum Gasteiger partial charge on any atom is -0.446 e. The zero-order valence-corrected chi connectivity index (χ0v) is 17.7. The van der Waals surface area contributed by atoms with E-state index in [4.69, 9.17) is 9.47 Å². The summed E-state index contributed by atoms with van der Waals surface area (Å²) < 4.78 is 11.2. The van der Waals surface area contributed by atoms with Crippen molar-refractivity contribution < 1.29 is 19.1 Å². The number of amides is 2. The molecule has 0 aromatic rings. The second-order valence-corrected chi connectivity index (χ2v) is 8.72. The van der Waals surface area contributed by atoms with Crippen LogP contribution in [-0.2, 0) is 14.3 Å². The Kier molecular flexibility index (Phi) is 8.39. The van der Waals surface area contributed by atoms with Crippen molar-refractivity contribution in [2.24, 2.45) is 23.7 Å². The van der Waals surface area contributed by atoms with Gasteiger partial charge in [-0.15, -0.1) is 0 Å². The summed E-state index contributed by atoms with van der Waals surface area (Å²) in [5.41, 5.74) is 0. The molecule has 6 nitrogen and oxygen atoms in total. The molecule has 1 saturated carbocycles. The van der Waals surface area contributed by atoms with E-state index in [1.165, 1.54) is 6.42 Å². The average Bonchev–Trinajstić information content (AvgIpc) is 2.65. The Bertz CT molecular complexity index is 491. The normalized spacial score (nSPS) is 28.5. The molecule has 1 N–H and O–H groups in total. The lowest BCUT2D eigenvalue weighted by molar-refractivity contribution is -0.138. The van der Waals surface area contributed by atoms with Gasteiger partial charge in [-0.1, -0.05) is 47.5 Å². The number of hydrogen-bond acceptors (Lipinski definition) is 4. The fourth-order valence-corrected chi connectivity index (χ4v) is 4.21. The summed E-state index contributed by atoms with van der Waals surface area (Å²) in [5.74, 6) is 1.47. The van der Waals surface area contributed by atoms with Crippen molar-refractivity contribution in [3.63, 3.8) is 0 Å². The zero-order chi connectivity index (χ0) is 20.0. The Morgan fingerprint density at radius 1 is 1.19 bits per heavy atom. The predicted molar refractivity (Wildman–Crippen MR) is 105 cm³/mol. The molecule has 0 radical (unpaired) electrons. The topological polar surface area (TPSA) is 67.9 Å². The summed E-state index contributed by atoms with van der Waals surface area (Å²) >= 11 is 0. The standard InChI is InChI=1S/C21H38N2O4/c1-6-16(5)19(20(24)23-9-11-26-12-10-23)22-21(25)27-18-13-15(4)7-8-17(18)14(2)3/h14-19H,6-13H2,1-5H3,(H,22,25)/t15-,16+,17+,18-,19+/m1/s1. The van der Waals surface area contributed by atoms with Gasteiger partial charge in [0.1, 0.15) is 12.1 Å². The monoisotopic (exact) mass is 382 g/mol. The molecule has 6 heteroatoms. The third kappa shape index (κ3) is 6.09. The number of alkyl carbamates (subject to hydrolysis) is 1. The highest BCUT2D eigenvalue weighted by atomic mass is 16.6. The van der Waals surface area contributed by atoms with Gasteiger partial charge >= 0.3 is 6.09 Å². The number of carbonyl (C=O) groups is 2. The van der Waals surface area contributed by atoms with Crippen molar-refractivity contribution in [3.05, 3.63) is 0 Å². The second kappa shape index (κ2) is 10.3. The van der Waals surface area contributed by atoms with E-state index in [1.807, 2.05) is 13.8 Å². The third-order valence-electron chi connectivity index (χ3n) is 6.29. The van der Waals surface area contributed by atoms with Crippen LogP contribution in [0.5, 0.6) is 0 Å². The van der Waals surface area contributed by atoms with Crippen LogP contribution in [0.2, 0.25) is 0 Å². The fourth-order valence-electron chi connectivity index (χ4n) is 4.21. The van der Waals surface area contributed by atoms with Crippen molar-refractivity contribution in [2.75, 3.05) is 26.3 Å². The molecular formula is C21H38N2O4. The highest BCUT2D eigenvalue weighted by Gasteiger charge is 2.36. The predicted octanol–water partition coefficient (Wildman–Crippen LogP) is 3.45. The summed E-state index contributed by atoms with van der Waals surface area (Å²) in [6.45, 7) is 12.9. The Balaban J connectivity index is 2.00. The van der Waals surface area contributed by atoms with Gasteiger partial charge in [-0.2, -0.15) is 0 Å². The molecule has 0 spiro atoms. The van der Waals surface area contributed by atoms with Gasteiger partial charge in [-0.25, -0.2) is 4.79 Å². The SMILES string of the molecule is CC[C@H](C)[C@H](NC(=O)O[C@@H]1C[C@H](C)CC[C@H]1C(C)C)C(=O)N1CCOCC1.